The molecule has 2 aromatic carbocycles. The maximum absolute atomic E-state index is 12.0. The van der Waals surface area contributed by atoms with Gasteiger partial charge in [-0.25, -0.2) is 0 Å². The van der Waals surface area contributed by atoms with Crippen LogP contribution in [0.2, 0.25) is 0 Å². The summed E-state index contributed by atoms with van der Waals surface area (Å²) >= 11 is 0. The van der Waals surface area contributed by atoms with E-state index >= 15 is 0 Å². The highest BCUT2D eigenvalue weighted by Gasteiger charge is 2.06. The molecule has 0 saturated carbocycles. The van der Waals surface area contributed by atoms with Gasteiger partial charge in [0.2, 0.25) is 0 Å². The fraction of sp³-hybridized carbons (Fsp3) is 0.316. The Bertz CT molecular complexity index is 618. The first-order valence-corrected chi connectivity index (χ1v) is 7.70. The number of aryl methyl sites for hydroxylation is 1. The number of carbonyl (C=O) groups is 1. The van der Waals surface area contributed by atoms with Gasteiger partial charge in [-0.15, -0.1) is 0 Å². The summed E-state index contributed by atoms with van der Waals surface area (Å²) in [5, 5.41) is 2.85. The van der Waals surface area contributed by atoms with Crippen LogP contribution in [0.15, 0.2) is 48.5 Å². The molecule has 1 amide bonds. The number of hydrogen-bond donors (Lipinski definition) is 1. The fourth-order valence-electron chi connectivity index (χ4n) is 2.23. The van der Waals surface area contributed by atoms with E-state index in [-0.39, 0.29) is 12.5 Å². The number of benzene rings is 2. The van der Waals surface area contributed by atoms with Crippen LogP contribution < -0.4 is 10.1 Å². The number of amides is 1. The van der Waals surface area contributed by atoms with Gasteiger partial charge >= 0.3 is 0 Å². The zero-order valence-corrected chi connectivity index (χ0v) is 13.4. The molecule has 0 atom stereocenters. The number of carbonyl (C=O) groups excluding carboxylic acids is 1. The standard InChI is InChI=1S/C19H23NO2/c1-4-15-7-5-6-8-18(15)22-13-19(21)20-17-11-9-16(10-12-17)14(2)3/h5-12,14H,4,13H2,1-3H3,(H,20,21). The van der Waals surface area contributed by atoms with Crippen LogP contribution in [0, 0.1) is 0 Å². The summed E-state index contributed by atoms with van der Waals surface area (Å²) < 4.78 is 5.61. The zero-order chi connectivity index (χ0) is 15.9. The molecule has 0 aliphatic heterocycles. The first kappa shape index (κ1) is 16.1. The Kier molecular flexibility index (Phi) is 5.59. The van der Waals surface area contributed by atoms with Crippen molar-refractivity contribution in [1.82, 2.24) is 0 Å². The van der Waals surface area contributed by atoms with Crippen molar-refractivity contribution in [2.75, 3.05) is 11.9 Å². The molecule has 0 aromatic heterocycles. The van der Waals surface area contributed by atoms with Crippen LogP contribution in [0.25, 0.3) is 0 Å². The van der Waals surface area contributed by atoms with Crippen LogP contribution in [-0.4, -0.2) is 12.5 Å². The van der Waals surface area contributed by atoms with E-state index in [1.165, 1.54) is 5.56 Å². The average molecular weight is 297 g/mol. The van der Waals surface area contributed by atoms with Crippen LogP contribution in [0.1, 0.15) is 37.8 Å². The molecular weight excluding hydrogens is 274 g/mol. The lowest BCUT2D eigenvalue weighted by molar-refractivity contribution is -0.118. The molecular formula is C19H23NO2. The Hall–Kier alpha value is -2.29. The Balaban J connectivity index is 1.90. The van der Waals surface area contributed by atoms with Gasteiger partial charge in [0, 0.05) is 5.69 Å². The van der Waals surface area contributed by atoms with Crippen molar-refractivity contribution >= 4 is 11.6 Å². The van der Waals surface area contributed by atoms with Crippen molar-refractivity contribution in [2.45, 2.75) is 33.1 Å². The first-order chi connectivity index (χ1) is 10.6. The van der Waals surface area contributed by atoms with E-state index in [1.54, 1.807) is 0 Å². The summed E-state index contributed by atoms with van der Waals surface area (Å²) in [6.45, 7) is 6.38. The average Bonchev–Trinajstić information content (AvgIpc) is 2.53. The second-order valence-electron chi connectivity index (χ2n) is 5.57. The maximum Gasteiger partial charge on any atom is 0.262 e. The summed E-state index contributed by atoms with van der Waals surface area (Å²) in [5.41, 5.74) is 3.16. The number of anilines is 1. The van der Waals surface area contributed by atoms with E-state index < -0.39 is 0 Å². The lowest BCUT2D eigenvalue weighted by Crippen LogP contribution is -2.20. The van der Waals surface area contributed by atoms with Gasteiger partial charge in [0.25, 0.3) is 5.91 Å². The molecule has 0 fully saturated rings. The highest BCUT2D eigenvalue weighted by atomic mass is 16.5. The van der Waals surface area contributed by atoms with Crippen LogP contribution >= 0.6 is 0 Å². The van der Waals surface area contributed by atoms with Gasteiger partial charge in [-0.1, -0.05) is 51.1 Å². The van der Waals surface area contributed by atoms with Crippen LogP contribution in [0.5, 0.6) is 5.75 Å². The summed E-state index contributed by atoms with van der Waals surface area (Å²) in [6.07, 6.45) is 0.883. The molecule has 0 aliphatic rings. The molecule has 0 spiro atoms. The van der Waals surface area contributed by atoms with Gasteiger partial charge in [-0.3, -0.25) is 4.79 Å². The predicted molar refractivity (Wildman–Crippen MR) is 90.5 cm³/mol. The summed E-state index contributed by atoms with van der Waals surface area (Å²) in [4.78, 5) is 12.0. The topological polar surface area (TPSA) is 38.3 Å². The maximum atomic E-state index is 12.0. The van der Waals surface area contributed by atoms with Crippen molar-refractivity contribution in [2.24, 2.45) is 0 Å². The van der Waals surface area contributed by atoms with Gasteiger partial charge in [-0.05, 0) is 41.7 Å². The van der Waals surface area contributed by atoms with Gasteiger partial charge < -0.3 is 10.1 Å². The molecule has 0 saturated heterocycles. The van der Waals surface area contributed by atoms with Crippen LogP contribution in [0.3, 0.4) is 0 Å². The number of para-hydroxylation sites is 1. The minimum atomic E-state index is -0.150. The fourth-order valence-corrected chi connectivity index (χ4v) is 2.23. The van der Waals surface area contributed by atoms with Gasteiger partial charge in [-0.2, -0.15) is 0 Å². The van der Waals surface area contributed by atoms with Crippen molar-refractivity contribution in [3.8, 4) is 5.75 Å². The SMILES string of the molecule is CCc1ccccc1OCC(=O)Nc1ccc(C(C)C)cc1. The minimum Gasteiger partial charge on any atom is -0.483 e. The highest BCUT2D eigenvalue weighted by molar-refractivity contribution is 5.91. The Morgan fingerprint density at radius 1 is 1.09 bits per heavy atom. The molecule has 3 heteroatoms. The molecule has 2 rings (SSSR count). The molecule has 22 heavy (non-hydrogen) atoms. The monoisotopic (exact) mass is 297 g/mol. The number of ether oxygens (including phenoxy) is 1. The second kappa shape index (κ2) is 7.64. The van der Waals surface area contributed by atoms with Crippen molar-refractivity contribution in [3.05, 3.63) is 59.7 Å². The van der Waals surface area contributed by atoms with E-state index in [0.717, 1.165) is 23.4 Å². The molecule has 0 radical (unpaired) electrons. The summed E-state index contributed by atoms with van der Waals surface area (Å²) in [7, 11) is 0. The van der Waals surface area contributed by atoms with E-state index in [9.17, 15) is 4.79 Å². The molecule has 1 N–H and O–H groups in total. The molecule has 0 bridgehead atoms. The third kappa shape index (κ3) is 4.35. The van der Waals surface area contributed by atoms with Crippen molar-refractivity contribution < 1.29 is 9.53 Å². The smallest absolute Gasteiger partial charge is 0.262 e. The first-order valence-electron chi connectivity index (χ1n) is 7.70. The van der Waals surface area contributed by atoms with Gasteiger partial charge in [0.1, 0.15) is 5.75 Å². The Morgan fingerprint density at radius 2 is 1.77 bits per heavy atom. The van der Waals surface area contributed by atoms with E-state index in [1.807, 2.05) is 48.5 Å². The molecule has 116 valence electrons. The molecule has 2 aromatic rings. The van der Waals surface area contributed by atoms with Crippen LogP contribution in [0.4, 0.5) is 5.69 Å². The van der Waals surface area contributed by atoms with Gasteiger partial charge in [0.05, 0.1) is 0 Å². The van der Waals surface area contributed by atoms with Crippen molar-refractivity contribution in [3.63, 3.8) is 0 Å². The Morgan fingerprint density at radius 3 is 2.41 bits per heavy atom. The lowest BCUT2D eigenvalue weighted by atomic mass is 10.0. The zero-order valence-electron chi connectivity index (χ0n) is 13.4. The van der Waals surface area contributed by atoms with Crippen molar-refractivity contribution in [1.29, 1.82) is 0 Å². The molecule has 0 heterocycles. The number of hydrogen-bond acceptors (Lipinski definition) is 2. The second-order valence-corrected chi connectivity index (χ2v) is 5.57. The Labute approximate surface area is 132 Å². The lowest BCUT2D eigenvalue weighted by Gasteiger charge is -2.11. The molecule has 0 unspecified atom stereocenters. The number of nitrogens with one attached hydrogen (secondary N) is 1. The largest absolute Gasteiger partial charge is 0.483 e. The molecule has 3 nitrogen and oxygen atoms in total. The number of rotatable bonds is 6. The quantitative estimate of drug-likeness (QED) is 0.858. The van der Waals surface area contributed by atoms with E-state index in [0.29, 0.717) is 5.92 Å². The normalized spacial score (nSPS) is 10.5. The van der Waals surface area contributed by atoms with Crippen LogP contribution in [-0.2, 0) is 11.2 Å². The van der Waals surface area contributed by atoms with Gasteiger partial charge in [0.15, 0.2) is 6.61 Å². The predicted octanol–water partition coefficient (Wildman–Crippen LogP) is 4.39. The third-order valence-electron chi connectivity index (χ3n) is 3.57. The minimum absolute atomic E-state index is 0.0168. The highest BCUT2D eigenvalue weighted by Crippen LogP contribution is 2.19. The third-order valence-corrected chi connectivity index (χ3v) is 3.57. The van der Waals surface area contributed by atoms with E-state index in [2.05, 4.69) is 26.1 Å². The molecule has 0 aliphatic carbocycles. The summed E-state index contributed by atoms with van der Waals surface area (Å²) in [6, 6.07) is 15.7. The summed E-state index contributed by atoms with van der Waals surface area (Å²) in [5.74, 6) is 1.11. The van der Waals surface area contributed by atoms with E-state index in [4.69, 9.17) is 4.74 Å².